The molecule has 0 spiro atoms. The highest BCUT2D eigenvalue weighted by Gasteiger charge is 2.18. The van der Waals surface area contributed by atoms with Crippen LogP contribution in [0.5, 0.6) is 5.75 Å². The van der Waals surface area contributed by atoms with Crippen molar-refractivity contribution in [3.63, 3.8) is 0 Å². The molecule has 7 nitrogen and oxygen atoms in total. The molecule has 0 atom stereocenters. The van der Waals surface area contributed by atoms with Crippen LogP contribution in [0, 0.1) is 0 Å². The number of likely N-dealkylation sites (tertiary alicyclic amines) is 1. The van der Waals surface area contributed by atoms with Gasteiger partial charge in [-0.05, 0) is 68.5 Å². The molecule has 2 aromatic carbocycles. The molecule has 2 saturated heterocycles. The van der Waals surface area contributed by atoms with Crippen LogP contribution in [-0.2, 0) is 0 Å². The number of nitrogens with zero attached hydrogens (tertiary/aromatic N) is 4. The van der Waals surface area contributed by atoms with Gasteiger partial charge in [-0.25, -0.2) is 4.98 Å². The van der Waals surface area contributed by atoms with E-state index in [0.717, 1.165) is 73.0 Å². The molecule has 1 aromatic heterocycles. The molecule has 3 aromatic rings. The minimum Gasteiger partial charge on any atom is -0.492 e. The molecule has 2 fully saturated rings. The Balaban J connectivity index is 1.18. The van der Waals surface area contributed by atoms with Gasteiger partial charge < -0.3 is 19.9 Å². The summed E-state index contributed by atoms with van der Waals surface area (Å²) in [5.74, 6) is 2.54. The van der Waals surface area contributed by atoms with Crippen molar-refractivity contribution in [2.24, 2.45) is 0 Å². The van der Waals surface area contributed by atoms with E-state index >= 15 is 0 Å². The van der Waals surface area contributed by atoms with Crippen molar-refractivity contribution >= 4 is 28.6 Å². The summed E-state index contributed by atoms with van der Waals surface area (Å²) in [6.07, 6.45) is 8.29. The number of piperidine rings is 1. The Bertz CT molecular complexity index is 1120. The van der Waals surface area contributed by atoms with Crippen LogP contribution in [0.2, 0.25) is 0 Å². The van der Waals surface area contributed by atoms with Crippen LogP contribution in [0.4, 0.5) is 11.8 Å². The van der Waals surface area contributed by atoms with E-state index in [-0.39, 0.29) is 5.91 Å². The highest BCUT2D eigenvalue weighted by Crippen LogP contribution is 2.25. The summed E-state index contributed by atoms with van der Waals surface area (Å²) < 4.78 is 5.95. The van der Waals surface area contributed by atoms with Crippen LogP contribution in [0.1, 0.15) is 55.3 Å². The Morgan fingerprint density at radius 3 is 2.29 bits per heavy atom. The molecule has 0 bridgehead atoms. The predicted octanol–water partition coefficient (Wildman–Crippen LogP) is 5.13. The summed E-state index contributed by atoms with van der Waals surface area (Å²) in [7, 11) is 0. The first-order valence-corrected chi connectivity index (χ1v) is 13.1. The maximum absolute atomic E-state index is 12.8. The van der Waals surface area contributed by atoms with Gasteiger partial charge in [-0.2, -0.15) is 4.98 Å². The van der Waals surface area contributed by atoms with Gasteiger partial charge in [0, 0.05) is 37.1 Å². The fraction of sp³-hybridized carbons (Fsp3) is 0.464. The number of nitrogens with one attached hydrogen (secondary N) is 1. The van der Waals surface area contributed by atoms with E-state index in [2.05, 4.69) is 16.3 Å². The van der Waals surface area contributed by atoms with E-state index in [1.165, 1.54) is 32.1 Å². The van der Waals surface area contributed by atoms with Crippen molar-refractivity contribution < 1.29 is 9.53 Å². The molecule has 0 unspecified atom stereocenters. The fourth-order valence-electron chi connectivity index (χ4n) is 4.92. The second kappa shape index (κ2) is 11.4. The van der Waals surface area contributed by atoms with E-state index in [9.17, 15) is 4.79 Å². The average molecular weight is 474 g/mol. The first-order valence-electron chi connectivity index (χ1n) is 13.1. The van der Waals surface area contributed by atoms with E-state index in [0.29, 0.717) is 13.2 Å². The zero-order chi connectivity index (χ0) is 23.9. The highest BCUT2D eigenvalue weighted by atomic mass is 16.5. The van der Waals surface area contributed by atoms with Gasteiger partial charge in [-0.3, -0.25) is 4.79 Å². The van der Waals surface area contributed by atoms with Crippen LogP contribution in [0.15, 0.2) is 48.5 Å². The lowest BCUT2D eigenvalue weighted by atomic mass is 10.1. The van der Waals surface area contributed by atoms with E-state index in [1.807, 2.05) is 47.4 Å². The SMILES string of the molecule is O=C(c1ccc(OCCNc2nc(N3CCCCC3)nc3ccccc23)cc1)N1CCCCCC1. The van der Waals surface area contributed by atoms with Crippen molar-refractivity contribution in [1.82, 2.24) is 14.9 Å². The second-order valence-electron chi connectivity index (χ2n) is 9.44. The molecular formula is C28H35N5O2. The zero-order valence-electron chi connectivity index (χ0n) is 20.4. The number of hydrogen-bond acceptors (Lipinski definition) is 6. The third-order valence-electron chi connectivity index (χ3n) is 6.89. The van der Waals surface area contributed by atoms with Crippen molar-refractivity contribution in [2.45, 2.75) is 44.9 Å². The van der Waals surface area contributed by atoms with Crippen molar-refractivity contribution in [1.29, 1.82) is 0 Å². The lowest BCUT2D eigenvalue weighted by Crippen LogP contribution is -2.31. The summed E-state index contributed by atoms with van der Waals surface area (Å²) in [5.41, 5.74) is 1.69. The van der Waals surface area contributed by atoms with Gasteiger partial charge in [0.05, 0.1) is 12.1 Å². The molecule has 5 rings (SSSR count). The molecule has 0 saturated carbocycles. The number of para-hydroxylation sites is 1. The van der Waals surface area contributed by atoms with Crippen molar-refractivity contribution in [3.05, 3.63) is 54.1 Å². The van der Waals surface area contributed by atoms with Crippen LogP contribution in [0.3, 0.4) is 0 Å². The maximum atomic E-state index is 12.8. The highest BCUT2D eigenvalue weighted by molar-refractivity contribution is 5.94. The fourth-order valence-corrected chi connectivity index (χ4v) is 4.92. The molecular weight excluding hydrogens is 438 g/mol. The topological polar surface area (TPSA) is 70.6 Å². The van der Waals surface area contributed by atoms with Crippen LogP contribution < -0.4 is 15.0 Å². The maximum Gasteiger partial charge on any atom is 0.253 e. The monoisotopic (exact) mass is 473 g/mol. The summed E-state index contributed by atoms with van der Waals surface area (Å²) >= 11 is 0. The third kappa shape index (κ3) is 5.84. The average Bonchev–Trinajstić information content (AvgIpc) is 3.21. The molecule has 1 amide bonds. The number of ether oxygens (including phenoxy) is 1. The molecule has 35 heavy (non-hydrogen) atoms. The largest absolute Gasteiger partial charge is 0.492 e. The number of anilines is 2. The van der Waals surface area contributed by atoms with Crippen molar-refractivity contribution in [3.8, 4) is 5.75 Å². The van der Waals surface area contributed by atoms with Gasteiger partial charge in [0.25, 0.3) is 5.91 Å². The normalized spacial score (nSPS) is 16.7. The summed E-state index contributed by atoms with van der Waals surface area (Å²) in [6, 6.07) is 15.7. The minimum atomic E-state index is 0.125. The number of carbonyl (C=O) groups excluding carboxylic acids is 1. The van der Waals surface area contributed by atoms with Gasteiger partial charge in [0.15, 0.2) is 0 Å². The van der Waals surface area contributed by atoms with E-state index in [1.54, 1.807) is 0 Å². The standard InChI is InChI=1S/C28H35N5O2/c34-27(32-17-6-1-2-7-18-32)22-12-14-23(15-13-22)35-21-16-29-26-24-10-4-5-11-25(24)30-28(31-26)33-19-8-3-9-20-33/h4-5,10-15H,1-3,6-9,16-21H2,(H,29,30,31). The number of amides is 1. The number of hydrogen-bond donors (Lipinski definition) is 1. The Morgan fingerprint density at radius 1 is 0.829 bits per heavy atom. The Labute approximate surface area is 207 Å². The van der Waals surface area contributed by atoms with Crippen molar-refractivity contribution in [2.75, 3.05) is 49.5 Å². The minimum absolute atomic E-state index is 0.125. The molecule has 7 heteroatoms. The number of aromatic nitrogens is 2. The van der Waals surface area contributed by atoms with Gasteiger partial charge in [0.2, 0.25) is 5.95 Å². The van der Waals surface area contributed by atoms with E-state index < -0.39 is 0 Å². The van der Waals surface area contributed by atoms with Gasteiger partial charge in [0.1, 0.15) is 18.2 Å². The van der Waals surface area contributed by atoms with Gasteiger partial charge in [-0.1, -0.05) is 25.0 Å². The van der Waals surface area contributed by atoms with Gasteiger partial charge >= 0.3 is 0 Å². The zero-order valence-corrected chi connectivity index (χ0v) is 20.4. The number of benzene rings is 2. The summed E-state index contributed by atoms with van der Waals surface area (Å²) in [4.78, 5) is 26.7. The molecule has 184 valence electrons. The molecule has 0 radical (unpaired) electrons. The first kappa shape index (κ1) is 23.4. The number of fused-ring (bicyclic) bond motifs is 1. The number of rotatable bonds is 7. The molecule has 0 aliphatic carbocycles. The summed E-state index contributed by atoms with van der Waals surface area (Å²) in [5, 5.41) is 4.47. The molecule has 2 aliphatic heterocycles. The Hall–Kier alpha value is -3.35. The quantitative estimate of drug-likeness (QED) is 0.480. The predicted molar refractivity (Wildman–Crippen MR) is 140 cm³/mol. The van der Waals surface area contributed by atoms with E-state index in [4.69, 9.17) is 14.7 Å². The van der Waals surface area contributed by atoms with Crippen LogP contribution in [0.25, 0.3) is 10.9 Å². The first-order chi connectivity index (χ1) is 17.3. The molecule has 1 N–H and O–H groups in total. The number of carbonyl (C=O) groups is 1. The summed E-state index contributed by atoms with van der Waals surface area (Å²) in [6.45, 7) is 4.86. The smallest absolute Gasteiger partial charge is 0.253 e. The lowest BCUT2D eigenvalue weighted by Gasteiger charge is -2.27. The third-order valence-corrected chi connectivity index (χ3v) is 6.89. The van der Waals surface area contributed by atoms with Crippen LogP contribution >= 0.6 is 0 Å². The van der Waals surface area contributed by atoms with Crippen LogP contribution in [-0.4, -0.2) is 60.1 Å². The molecule has 2 aliphatic rings. The lowest BCUT2D eigenvalue weighted by molar-refractivity contribution is 0.0761. The second-order valence-corrected chi connectivity index (χ2v) is 9.44. The van der Waals surface area contributed by atoms with Gasteiger partial charge in [-0.15, -0.1) is 0 Å². The Kier molecular flexibility index (Phi) is 7.61. The Morgan fingerprint density at radius 2 is 1.51 bits per heavy atom. The molecule has 3 heterocycles.